The maximum absolute atomic E-state index is 13.6. The van der Waals surface area contributed by atoms with E-state index in [1.165, 1.54) is 23.1 Å². The highest BCUT2D eigenvalue weighted by Crippen LogP contribution is 2.25. The molecule has 2 N–H and O–H groups in total. The molecule has 1 amide bonds. The number of hydrogen-bond acceptors (Lipinski definition) is 3. The molecule has 1 aromatic carbocycles. The number of rotatable bonds is 2. The van der Waals surface area contributed by atoms with E-state index >= 15 is 0 Å². The average molecular weight is 346 g/mol. The molecular formula is C13H13BrFNO4. The van der Waals surface area contributed by atoms with Crippen LogP contribution in [0.1, 0.15) is 23.2 Å². The maximum Gasteiger partial charge on any atom is 0.335 e. The number of hydrogen-bond donors (Lipinski definition) is 2. The summed E-state index contributed by atoms with van der Waals surface area (Å²) in [4.78, 5) is 24.4. The quantitative estimate of drug-likeness (QED) is 0.854. The van der Waals surface area contributed by atoms with Crippen LogP contribution in [0, 0.1) is 5.82 Å². The second-order valence-electron chi connectivity index (χ2n) is 4.75. The van der Waals surface area contributed by atoms with Crippen molar-refractivity contribution in [2.45, 2.75) is 18.4 Å². The van der Waals surface area contributed by atoms with Gasteiger partial charge < -0.3 is 15.1 Å². The van der Waals surface area contributed by atoms with Gasteiger partial charge in [0.1, 0.15) is 5.82 Å². The third-order valence-electron chi connectivity index (χ3n) is 3.43. The zero-order valence-corrected chi connectivity index (χ0v) is 12.1. The van der Waals surface area contributed by atoms with Gasteiger partial charge in [-0.3, -0.25) is 4.79 Å². The summed E-state index contributed by atoms with van der Waals surface area (Å²) >= 11 is 3.17. The van der Waals surface area contributed by atoms with Crippen LogP contribution in [0.25, 0.3) is 0 Å². The summed E-state index contributed by atoms with van der Waals surface area (Å²) in [6.45, 7) is 0.154. The number of amides is 1. The number of likely N-dealkylation sites (tertiary alicyclic amines) is 1. The van der Waals surface area contributed by atoms with E-state index in [9.17, 15) is 19.1 Å². The normalized spacial score (nSPS) is 17.9. The standard InChI is InChI=1S/C13H13BrFNO4/c14-8-1-2-10(15)9(7-8)11(17)16-5-3-13(20,4-6-16)12(18)19/h1-2,7,20H,3-6H2,(H,18,19). The molecule has 1 aliphatic rings. The van der Waals surface area contributed by atoms with E-state index in [-0.39, 0.29) is 31.5 Å². The van der Waals surface area contributed by atoms with Crippen molar-refractivity contribution in [3.63, 3.8) is 0 Å². The summed E-state index contributed by atoms with van der Waals surface area (Å²) in [5.74, 6) is -2.42. The van der Waals surface area contributed by atoms with Gasteiger partial charge in [0.15, 0.2) is 5.60 Å². The highest BCUT2D eigenvalue weighted by atomic mass is 79.9. The molecule has 0 atom stereocenters. The van der Waals surface area contributed by atoms with Crippen LogP contribution < -0.4 is 0 Å². The van der Waals surface area contributed by atoms with Crippen LogP contribution in [-0.4, -0.2) is 45.7 Å². The molecule has 1 aromatic rings. The van der Waals surface area contributed by atoms with Crippen LogP contribution >= 0.6 is 15.9 Å². The van der Waals surface area contributed by atoms with E-state index in [1.807, 2.05) is 0 Å². The van der Waals surface area contributed by atoms with Crippen molar-refractivity contribution >= 4 is 27.8 Å². The smallest absolute Gasteiger partial charge is 0.335 e. The van der Waals surface area contributed by atoms with Crippen molar-refractivity contribution in [2.24, 2.45) is 0 Å². The van der Waals surface area contributed by atoms with Crippen LogP contribution in [0.3, 0.4) is 0 Å². The number of aliphatic carboxylic acids is 1. The molecule has 108 valence electrons. The fourth-order valence-corrected chi connectivity index (χ4v) is 2.49. The Kier molecular flexibility index (Phi) is 4.10. The number of carboxylic acids is 1. The first-order chi connectivity index (χ1) is 9.33. The second kappa shape index (κ2) is 5.49. The van der Waals surface area contributed by atoms with Crippen molar-refractivity contribution in [3.05, 3.63) is 34.1 Å². The Hall–Kier alpha value is -1.47. The van der Waals surface area contributed by atoms with Crippen LogP contribution in [0.2, 0.25) is 0 Å². The molecule has 0 spiro atoms. The number of nitrogens with zero attached hydrogens (tertiary/aromatic N) is 1. The number of benzene rings is 1. The average Bonchev–Trinajstić information content (AvgIpc) is 2.41. The van der Waals surface area contributed by atoms with Crippen LogP contribution in [0.4, 0.5) is 4.39 Å². The predicted molar refractivity (Wildman–Crippen MR) is 71.8 cm³/mol. The first kappa shape index (κ1) is 14.9. The van der Waals surface area contributed by atoms with Crippen molar-refractivity contribution in [1.29, 1.82) is 0 Å². The number of carboxylic acid groups (broad SMARTS) is 1. The topological polar surface area (TPSA) is 77.8 Å². The molecule has 0 aliphatic carbocycles. The van der Waals surface area contributed by atoms with E-state index < -0.39 is 23.3 Å². The molecule has 0 unspecified atom stereocenters. The molecule has 0 radical (unpaired) electrons. The molecule has 1 saturated heterocycles. The lowest BCUT2D eigenvalue weighted by Crippen LogP contribution is -2.50. The fraction of sp³-hybridized carbons (Fsp3) is 0.385. The first-order valence-corrected chi connectivity index (χ1v) is 6.83. The molecule has 20 heavy (non-hydrogen) atoms. The third-order valence-corrected chi connectivity index (χ3v) is 3.93. The lowest BCUT2D eigenvalue weighted by molar-refractivity contribution is -0.162. The zero-order valence-electron chi connectivity index (χ0n) is 10.5. The Morgan fingerprint density at radius 2 is 1.90 bits per heavy atom. The zero-order chi connectivity index (χ0) is 14.9. The summed E-state index contributed by atoms with van der Waals surface area (Å²) in [5.41, 5.74) is -1.87. The number of carbonyl (C=O) groups is 2. The lowest BCUT2D eigenvalue weighted by atomic mass is 9.91. The van der Waals surface area contributed by atoms with E-state index in [2.05, 4.69) is 15.9 Å². The summed E-state index contributed by atoms with van der Waals surface area (Å²) < 4.78 is 14.2. The van der Waals surface area contributed by atoms with Crippen LogP contribution in [0.15, 0.2) is 22.7 Å². The van der Waals surface area contributed by atoms with Gasteiger partial charge in [-0.1, -0.05) is 15.9 Å². The van der Waals surface area contributed by atoms with Gasteiger partial charge in [-0.25, -0.2) is 9.18 Å². The minimum atomic E-state index is -1.80. The minimum absolute atomic E-state index is 0.0658. The van der Waals surface area contributed by atoms with Crippen LogP contribution in [0.5, 0.6) is 0 Å². The van der Waals surface area contributed by atoms with Gasteiger partial charge in [0.2, 0.25) is 0 Å². The van der Waals surface area contributed by atoms with Gasteiger partial charge in [-0.05, 0) is 18.2 Å². The Labute approximate surface area is 123 Å². The highest BCUT2D eigenvalue weighted by Gasteiger charge is 2.40. The molecular weight excluding hydrogens is 333 g/mol. The molecule has 7 heteroatoms. The highest BCUT2D eigenvalue weighted by molar-refractivity contribution is 9.10. The lowest BCUT2D eigenvalue weighted by Gasteiger charge is -2.35. The third kappa shape index (κ3) is 2.83. The fourth-order valence-electron chi connectivity index (χ4n) is 2.13. The number of halogens is 2. The van der Waals surface area contributed by atoms with Gasteiger partial charge in [0.25, 0.3) is 5.91 Å². The molecule has 1 aliphatic heterocycles. The molecule has 1 heterocycles. The Bertz CT molecular complexity index is 555. The first-order valence-electron chi connectivity index (χ1n) is 6.03. The second-order valence-corrected chi connectivity index (χ2v) is 5.67. The molecule has 0 bridgehead atoms. The molecule has 2 rings (SSSR count). The van der Waals surface area contributed by atoms with E-state index in [0.717, 1.165) is 0 Å². The van der Waals surface area contributed by atoms with Gasteiger partial charge >= 0.3 is 5.97 Å². The molecule has 0 saturated carbocycles. The van der Waals surface area contributed by atoms with Crippen molar-refractivity contribution in [3.8, 4) is 0 Å². The Balaban J connectivity index is 2.13. The summed E-state index contributed by atoms with van der Waals surface area (Å²) in [5, 5.41) is 18.7. The Morgan fingerprint density at radius 1 is 1.30 bits per heavy atom. The maximum atomic E-state index is 13.6. The van der Waals surface area contributed by atoms with E-state index in [0.29, 0.717) is 4.47 Å². The Morgan fingerprint density at radius 3 is 2.45 bits per heavy atom. The van der Waals surface area contributed by atoms with Gasteiger partial charge in [-0.2, -0.15) is 0 Å². The summed E-state index contributed by atoms with van der Waals surface area (Å²) in [7, 11) is 0. The van der Waals surface area contributed by atoms with E-state index in [4.69, 9.17) is 5.11 Å². The molecule has 5 nitrogen and oxygen atoms in total. The van der Waals surface area contributed by atoms with Gasteiger partial charge in [0.05, 0.1) is 5.56 Å². The largest absolute Gasteiger partial charge is 0.479 e. The van der Waals surface area contributed by atoms with Crippen molar-refractivity contribution in [1.82, 2.24) is 4.90 Å². The number of piperidine rings is 1. The summed E-state index contributed by atoms with van der Waals surface area (Å²) in [6, 6.07) is 4.07. The SMILES string of the molecule is O=C(c1cc(Br)ccc1F)N1CCC(O)(C(=O)O)CC1. The number of carbonyl (C=O) groups excluding carboxylic acids is 1. The summed E-state index contributed by atoms with van der Waals surface area (Å²) in [6.07, 6.45) is -0.132. The number of aliphatic hydroxyl groups is 1. The van der Waals surface area contributed by atoms with Crippen molar-refractivity contribution in [2.75, 3.05) is 13.1 Å². The van der Waals surface area contributed by atoms with Gasteiger partial charge in [0, 0.05) is 30.4 Å². The molecule has 0 aromatic heterocycles. The van der Waals surface area contributed by atoms with Crippen LogP contribution in [-0.2, 0) is 4.79 Å². The monoisotopic (exact) mass is 345 g/mol. The minimum Gasteiger partial charge on any atom is -0.479 e. The van der Waals surface area contributed by atoms with E-state index in [1.54, 1.807) is 0 Å². The molecule has 1 fully saturated rings. The predicted octanol–water partition coefficient (Wildman–Crippen LogP) is 1.64. The van der Waals surface area contributed by atoms with Crippen molar-refractivity contribution < 1.29 is 24.2 Å². The van der Waals surface area contributed by atoms with Gasteiger partial charge in [-0.15, -0.1) is 0 Å².